The predicted octanol–water partition coefficient (Wildman–Crippen LogP) is 5.15. The van der Waals surface area contributed by atoms with Crippen molar-refractivity contribution < 1.29 is 13.9 Å². The summed E-state index contributed by atoms with van der Waals surface area (Å²) in [6.45, 7) is 0.485. The highest BCUT2D eigenvalue weighted by Crippen LogP contribution is 2.22. The molecular weight excluding hydrogens is 355 g/mol. The molecule has 4 rings (SSSR count). The second kappa shape index (κ2) is 7.56. The van der Waals surface area contributed by atoms with E-state index < -0.39 is 0 Å². The van der Waals surface area contributed by atoms with E-state index in [9.17, 15) is 9.18 Å². The fraction of sp³-hybridized carbons (Fsp3) is 0.0870. The van der Waals surface area contributed by atoms with Crippen molar-refractivity contribution in [1.82, 2.24) is 4.57 Å². The Labute approximate surface area is 162 Å². The Balaban J connectivity index is 1.44. The zero-order valence-corrected chi connectivity index (χ0v) is 15.4. The average Bonchev–Trinajstić information content (AvgIpc) is 3.04. The quantitative estimate of drug-likeness (QED) is 0.525. The van der Waals surface area contributed by atoms with Gasteiger partial charge < -0.3 is 14.6 Å². The first-order chi connectivity index (χ1) is 13.6. The Bertz CT molecular complexity index is 1120. The maximum atomic E-state index is 13.5. The summed E-state index contributed by atoms with van der Waals surface area (Å²) in [6.07, 6.45) is 0. The van der Waals surface area contributed by atoms with Crippen LogP contribution >= 0.6 is 0 Å². The van der Waals surface area contributed by atoms with Crippen molar-refractivity contribution >= 4 is 22.5 Å². The molecule has 0 aliphatic heterocycles. The van der Waals surface area contributed by atoms with Gasteiger partial charge in [0, 0.05) is 18.1 Å². The first-order valence-corrected chi connectivity index (χ1v) is 8.93. The van der Waals surface area contributed by atoms with Crippen LogP contribution in [-0.4, -0.2) is 10.5 Å². The molecule has 0 saturated carbocycles. The molecule has 140 valence electrons. The molecule has 1 heterocycles. The summed E-state index contributed by atoms with van der Waals surface area (Å²) in [5, 5.41) is 3.68. The van der Waals surface area contributed by atoms with E-state index in [-0.39, 0.29) is 11.7 Å². The summed E-state index contributed by atoms with van der Waals surface area (Å²) < 4.78 is 20.9. The second-order valence-corrected chi connectivity index (χ2v) is 6.54. The third-order valence-corrected chi connectivity index (χ3v) is 4.60. The van der Waals surface area contributed by atoms with Gasteiger partial charge in [-0.05, 0) is 54.1 Å². The van der Waals surface area contributed by atoms with Crippen LogP contribution in [0.2, 0.25) is 0 Å². The smallest absolute Gasteiger partial charge is 0.272 e. The Hall–Kier alpha value is -3.60. The Morgan fingerprint density at radius 2 is 1.75 bits per heavy atom. The van der Waals surface area contributed by atoms with E-state index in [4.69, 9.17) is 4.74 Å². The number of halogens is 1. The molecule has 0 atom stereocenters. The summed E-state index contributed by atoms with van der Waals surface area (Å²) in [4.78, 5) is 12.6. The third kappa shape index (κ3) is 3.74. The molecule has 4 nitrogen and oxygen atoms in total. The molecule has 0 aliphatic carbocycles. The Morgan fingerprint density at radius 3 is 2.50 bits per heavy atom. The van der Waals surface area contributed by atoms with Crippen molar-refractivity contribution in [3.8, 4) is 5.75 Å². The summed E-state index contributed by atoms with van der Waals surface area (Å²) in [6, 6.07) is 23.4. The van der Waals surface area contributed by atoms with Crippen LogP contribution in [-0.2, 0) is 13.7 Å². The van der Waals surface area contributed by atoms with E-state index in [1.54, 1.807) is 35.9 Å². The number of aryl methyl sites for hydroxylation is 1. The second-order valence-electron chi connectivity index (χ2n) is 6.54. The number of aromatic nitrogens is 1. The first-order valence-electron chi connectivity index (χ1n) is 8.93. The van der Waals surface area contributed by atoms with Gasteiger partial charge in [-0.1, -0.05) is 30.3 Å². The van der Waals surface area contributed by atoms with Crippen LogP contribution in [0.4, 0.5) is 10.1 Å². The molecule has 4 aromatic rings. The molecular formula is C23H19FN2O2. The molecule has 0 unspecified atom stereocenters. The van der Waals surface area contributed by atoms with Crippen molar-refractivity contribution in [2.24, 2.45) is 7.05 Å². The van der Waals surface area contributed by atoms with E-state index in [0.717, 1.165) is 16.7 Å². The number of nitrogens with one attached hydrogen (secondary N) is 1. The minimum atomic E-state index is -0.327. The number of hydrogen-bond donors (Lipinski definition) is 1. The van der Waals surface area contributed by atoms with Gasteiger partial charge in [0.05, 0.1) is 5.52 Å². The van der Waals surface area contributed by atoms with Crippen LogP contribution in [0.5, 0.6) is 5.75 Å². The minimum absolute atomic E-state index is 0.253. The highest BCUT2D eigenvalue weighted by atomic mass is 19.1. The summed E-state index contributed by atoms with van der Waals surface area (Å²) in [7, 11) is 1.75. The van der Waals surface area contributed by atoms with Crippen LogP contribution < -0.4 is 10.1 Å². The average molecular weight is 374 g/mol. The van der Waals surface area contributed by atoms with Crippen LogP contribution in [0.25, 0.3) is 10.9 Å². The number of hydrogen-bond acceptors (Lipinski definition) is 2. The van der Waals surface area contributed by atoms with E-state index in [1.165, 1.54) is 12.1 Å². The summed E-state index contributed by atoms with van der Waals surface area (Å²) in [5.41, 5.74) is 2.89. The lowest BCUT2D eigenvalue weighted by Crippen LogP contribution is -2.15. The largest absolute Gasteiger partial charge is 0.489 e. The number of fused-ring (bicyclic) bond motifs is 1. The number of rotatable bonds is 5. The highest BCUT2D eigenvalue weighted by molar-refractivity contribution is 6.06. The van der Waals surface area contributed by atoms with Crippen molar-refractivity contribution in [2.75, 3.05) is 5.32 Å². The number of amides is 1. The number of carbonyl (C=O) groups excluding carboxylic acids is 1. The standard InChI is InChI=1S/C23H19FN2O2/c1-26-21-14-18(24)8-7-17(21)13-22(26)23(27)25-19-9-11-20(12-10-19)28-15-16-5-3-2-4-6-16/h2-14H,15H2,1H3,(H,25,27). The third-order valence-electron chi connectivity index (χ3n) is 4.60. The monoisotopic (exact) mass is 374 g/mol. The molecule has 1 amide bonds. The van der Waals surface area contributed by atoms with Crippen LogP contribution in [0.1, 0.15) is 16.1 Å². The minimum Gasteiger partial charge on any atom is -0.489 e. The van der Waals surface area contributed by atoms with Crippen molar-refractivity contribution in [3.05, 3.63) is 95.9 Å². The zero-order chi connectivity index (χ0) is 19.5. The Kier molecular flexibility index (Phi) is 4.81. The maximum absolute atomic E-state index is 13.5. The number of nitrogens with zero attached hydrogens (tertiary/aromatic N) is 1. The molecule has 3 aromatic carbocycles. The fourth-order valence-electron chi connectivity index (χ4n) is 3.09. The molecule has 5 heteroatoms. The number of benzene rings is 3. The summed E-state index contributed by atoms with van der Waals surface area (Å²) >= 11 is 0. The van der Waals surface area contributed by atoms with Crippen LogP contribution in [0, 0.1) is 5.82 Å². The van der Waals surface area contributed by atoms with Crippen LogP contribution in [0.3, 0.4) is 0 Å². The maximum Gasteiger partial charge on any atom is 0.272 e. The number of anilines is 1. The normalized spacial score (nSPS) is 10.8. The molecule has 0 saturated heterocycles. The lowest BCUT2D eigenvalue weighted by atomic mass is 10.2. The fourth-order valence-corrected chi connectivity index (χ4v) is 3.09. The van der Waals surface area contributed by atoms with Gasteiger partial charge >= 0.3 is 0 Å². The van der Waals surface area contributed by atoms with Gasteiger partial charge in [-0.2, -0.15) is 0 Å². The molecule has 0 bridgehead atoms. The van der Waals surface area contributed by atoms with Crippen molar-refractivity contribution in [2.45, 2.75) is 6.61 Å². The highest BCUT2D eigenvalue weighted by Gasteiger charge is 2.14. The molecule has 0 fully saturated rings. The SMILES string of the molecule is Cn1c(C(=O)Nc2ccc(OCc3ccccc3)cc2)cc2ccc(F)cc21. The summed E-state index contributed by atoms with van der Waals surface area (Å²) in [5.74, 6) is 0.144. The molecule has 0 radical (unpaired) electrons. The molecule has 1 N–H and O–H groups in total. The molecule has 1 aromatic heterocycles. The molecule has 28 heavy (non-hydrogen) atoms. The van der Waals surface area contributed by atoms with E-state index in [2.05, 4.69) is 5.32 Å². The van der Waals surface area contributed by atoms with Gasteiger partial charge in [0.2, 0.25) is 0 Å². The first kappa shape index (κ1) is 17.8. The van der Waals surface area contributed by atoms with E-state index in [1.807, 2.05) is 42.5 Å². The van der Waals surface area contributed by atoms with E-state index >= 15 is 0 Å². The lowest BCUT2D eigenvalue weighted by molar-refractivity contribution is 0.101. The van der Waals surface area contributed by atoms with Gasteiger partial charge in [0.15, 0.2) is 0 Å². The lowest BCUT2D eigenvalue weighted by Gasteiger charge is -2.09. The predicted molar refractivity (Wildman–Crippen MR) is 108 cm³/mol. The zero-order valence-electron chi connectivity index (χ0n) is 15.4. The van der Waals surface area contributed by atoms with Crippen molar-refractivity contribution in [3.63, 3.8) is 0 Å². The van der Waals surface area contributed by atoms with Gasteiger partial charge in [-0.25, -0.2) is 4.39 Å². The number of ether oxygens (including phenoxy) is 1. The van der Waals surface area contributed by atoms with Gasteiger partial charge in [-0.15, -0.1) is 0 Å². The van der Waals surface area contributed by atoms with Crippen LogP contribution in [0.15, 0.2) is 78.9 Å². The van der Waals surface area contributed by atoms with E-state index in [0.29, 0.717) is 23.5 Å². The Morgan fingerprint density at radius 1 is 1.00 bits per heavy atom. The van der Waals surface area contributed by atoms with Gasteiger partial charge in [-0.3, -0.25) is 4.79 Å². The van der Waals surface area contributed by atoms with Crippen molar-refractivity contribution in [1.29, 1.82) is 0 Å². The molecule has 0 aliphatic rings. The van der Waals surface area contributed by atoms with Gasteiger partial charge in [0.1, 0.15) is 23.9 Å². The van der Waals surface area contributed by atoms with Gasteiger partial charge in [0.25, 0.3) is 5.91 Å². The topological polar surface area (TPSA) is 43.3 Å². The molecule has 0 spiro atoms. The number of carbonyl (C=O) groups is 1.